The number of benzene rings is 1. The number of hydrogen-bond donors (Lipinski definition) is 2. The van der Waals surface area contributed by atoms with E-state index in [2.05, 4.69) is 50.9 Å². The summed E-state index contributed by atoms with van der Waals surface area (Å²) in [6, 6.07) is 12.4. The first kappa shape index (κ1) is 26.1. The molecule has 9 nitrogen and oxygen atoms in total. The highest BCUT2D eigenvalue weighted by Crippen LogP contribution is 2.55. The molecule has 1 saturated heterocycles. The zero-order chi connectivity index (χ0) is 28.2. The Bertz CT molecular complexity index is 1530. The second-order valence-electron chi connectivity index (χ2n) is 13.0. The number of aryl methyl sites for hydroxylation is 1. The van der Waals surface area contributed by atoms with Gasteiger partial charge in [-0.1, -0.05) is 19.1 Å². The maximum absolute atomic E-state index is 13.7. The number of hydrogen-bond acceptors (Lipinski definition) is 7. The smallest absolute Gasteiger partial charge is 0.274 e. The van der Waals surface area contributed by atoms with Gasteiger partial charge in [0.25, 0.3) is 5.91 Å². The molecule has 1 amide bonds. The average molecular weight is 551 g/mol. The Morgan fingerprint density at radius 1 is 1.27 bits per heavy atom. The van der Waals surface area contributed by atoms with E-state index in [-0.39, 0.29) is 16.7 Å². The molecule has 1 atom stereocenters. The first-order valence-corrected chi connectivity index (χ1v) is 15.0. The summed E-state index contributed by atoms with van der Waals surface area (Å²) in [5.74, 6) is 1.75. The van der Waals surface area contributed by atoms with Crippen molar-refractivity contribution in [1.29, 1.82) is 5.26 Å². The van der Waals surface area contributed by atoms with Gasteiger partial charge < -0.3 is 15.2 Å². The third-order valence-electron chi connectivity index (χ3n) is 9.89. The molecule has 0 unspecified atom stereocenters. The van der Waals surface area contributed by atoms with Crippen molar-refractivity contribution in [2.75, 3.05) is 30.3 Å². The first-order valence-electron chi connectivity index (χ1n) is 15.0. The van der Waals surface area contributed by atoms with Crippen LogP contribution >= 0.6 is 0 Å². The fraction of sp³-hybridized carbons (Fsp3) is 0.531. The maximum atomic E-state index is 13.7. The summed E-state index contributed by atoms with van der Waals surface area (Å²) in [6.07, 6.45) is 8.71. The zero-order valence-electron chi connectivity index (χ0n) is 24.0. The largest absolute Gasteiger partial charge is 0.382 e. The van der Waals surface area contributed by atoms with Crippen LogP contribution in [0.4, 0.5) is 11.4 Å². The van der Waals surface area contributed by atoms with Gasteiger partial charge >= 0.3 is 0 Å². The van der Waals surface area contributed by atoms with E-state index in [9.17, 15) is 10.1 Å². The average Bonchev–Trinajstić information content (AvgIpc) is 3.46. The number of nitrogens with zero attached hydrogens (tertiary/aromatic N) is 6. The maximum Gasteiger partial charge on any atom is 0.274 e. The molecule has 3 fully saturated rings. The summed E-state index contributed by atoms with van der Waals surface area (Å²) >= 11 is 0. The number of nitrogens with one attached hydrogen (secondary N) is 2. The Morgan fingerprint density at radius 3 is 2.85 bits per heavy atom. The number of pyridine rings is 1. The SMILES string of the molecule is C[C@H]1CCCN(Cc2cc(C(=O)Nc3cccc(C4(c5nncn5C)CC(CC#N)C4)c3)nc3c2NCC32CC2)C1. The molecule has 2 aromatic heterocycles. The number of nitriles is 1. The summed E-state index contributed by atoms with van der Waals surface area (Å²) in [6.45, 7) is 6.29. The normalized spacial score (nSPS) is 26.1. The van der Waals surface area contributed by atoms with Gasteiger partial charge in [-0.25, -0.2) is 4.98 Å². The van der Waals surface area contributed by atoms with E-state index in [1.807, 2.05) is 29.8 Å². The molecule has 3 aromatic rings. The van der Waals surface area contributed by atoms with E-state index >= 15 is 0 Å². The van der Waals surface area contributed by atoms with Crippen LogP contribution in [0.25, 0.3) is 0 Å². The molecule has 4 heterocycles. The second-order valence-corrected chi connectivity index (χ2v) is 13.0. The van der Waals surface area contributed by atoms with E-state index in [1.165, 1.54) is 18.4 Å². The number of anilines is 2. The summed E-state index contributed by atoms with van der Waals surface area (Å²) in [5, 5.41) is 24.7. The highest BCUT2D eigenvalue weighted by atomic mass is 16.1. The van der Waals surface area contributed by atoms with Crippen molar-refractivity contribution in [3.05, 3.63) is 65.0 Å². The van der Waals surface area contributed by atoms with Gasteiger partial charge in [0.1, 0.15) is 17.8 Å². The fourth-order valence-corrected chi connectivity index (χ4v) is 7.55. The molecule has 1 aromatic carbocycles. The molecule has 4 aliphatic rings. The quantitative estimate of drug-likeness (QED) is 0.436. The molecule has 7 rings (SSSR count). The monoisotopic (exact) mass is 550 g/mol. The van der Waals surface area contributed by atoms with Crippen LogP contribution in [-0.2, 0) is 24.4 Å². The van der Waals surface area contributed by atoms with E-state index in [0.29, 0.717) is 24.0 Å². The van der Waals surface area contributed by atoms with E-state index < -0.39 is 0 Å². The van der Waals surface area contributed by atoms with Crippen LogP contribution in [-0.4, -0.2) is 50.2 Å². The van der Waals surface area contributed by atoms with Gasteiger partial charge in [0.2, 0.25) is 0 Å². The number of piperidine rings is 1. The lowest BCUT2D eigenvalue weighted by Crippen LogP contribution is -2.44. The highest BCUT2D eigenvalue weighted by molar-refractivity contribution is 6.03. The lowest BCUT2D eigenvalue weighted by Gasteiger charge is -2.46. The number of likely N-dealkylation sites (tertiary alicyclic amines) is 1. The minimum absolute atomic E-state index is 0.0994. The van der Waals surface area contributed by atoms with Gasteiger partial charge in [-0.05, 0) is 86.2 Å². The van der Waals surface area contributed by atoms with Crippen molar-refractivity contribution in [1.82, 2.24) is 24.6 Å². The zero-order valence-corrected chi connectivity index (χ0v) is 24.0. The topological polar surface area (TPSA) is 112 Å². The fourth-order valence-electron chi connectivity index (χ4n) is 7.55. The molecule has 2 aliphatic carbocycles. The minimum Gasteiger partial charge on any atom is -0.382 e. The van der Waals surface area contributed by atoms with Gasteiger partial charge in [-0.3, -0.25) is 9.69 Å². The lowest BCUT2D eigenvalue weighted by atomic mass is 9.57. The van der Waals surface area contributed by atoms with Crippen LogP contribution in [0.3, 0.4) is 0 Å². The van der Waals surface area contributed by atoms with E-state index in [4.69, 9.17) is 4.98 Å². The number of rotatable bonds is 7. The van der Waals surface area contributed by atoms with E-state index in [0.717, 1.165) is 80.3 Å². The van der Waals surface area contributed by atoms with E-state index in [1.54, 1.807) is 6.33 Å². The Balaban J connectivity index is 1.17. The minimum atomic E-state index is -0.317. The molecule has 2 saturated carbocycles. The van der Waals surface area contributed by atoms with Crippen LogP contribution in [0.5, 0.6) is 0 Å². The Kier molecular flexibility index (Phi) is 6.35. The van der Waals surface area contributed by atoms with Gasteiger partial charge in [0.15, 0.2) is 0 Å². The number of fused-ring (bicyclic) bond motifs is 2. The summed E-state index contributed by atoms with van der Waals surface area (Å²) in [5.41, 5.74) is 5.52. The molecule has 2 aliphatic heterocycles. The van der Waals surface area contributed by atoms with Gasteiger partial charge in [0, 0.05) is 44.2 Å². The molecule has 0 radical (unpaired) electrons. The number of carbonyl (C=O) groups is 1. The number of amides is 1. The summed E-state index contributed by atoms with van der Waals surface area (Å²) < 4.78 is 1.97. The van der Waals surface area contributed by atoms with Crippen molar-refractivity contribution in [3.8, 4) is 6.07 Å². The molecular weight excluding hydrogens is 512 g/mol. The van der Waals surface area contributed by atoms with Crippen molar-refractivity contribution in [2.24, 2.45) is 18.9 Å². The second kappa shape index (κ2) is 9.95. The summed E-state index contributed by atoms with van der Waals surface area (Å²) in [7, 11) is 1.96. The molecule has 0 bridgehead atoms. The van der Waals surface area contributed by atoms with Gasteiger partial charge in [0.05, 0.1) is 22.9 Å². The molecular formula is C32H38N8O. The molecule has 41 heavy (non-hydrogen) atoms. The van der Waals surface area contributed by atoms with Gasteiger partial charge in [-0.15, -0.1) is 10.2 Å². The van der Waals surface area contributed by atoms with Crippen molar-refractivity contribution in [2.45, 2.75) is 69.2 Å². The van der Waals surface area contributed by atoms with Crippen LogP contribution in [0.2, 0.25) is 0 Å². The van der Waals surface area contributed by atoms with Crippen molar-refractivity contribution >= 4 is 17.3 Å². The third-order valence-corrected chi connectivity index (χ3v) is 9.89. The predicted molar refractivity (Wildman–Crippen MR) is 156 cm³/mol. The first-order chi connectivity index (χ1) is 19.9. The van der Waals surface area contributed by atoms with Crippen molar-refractivity contribution < 1.29 is 4.79 Å². The highest BCUT2D eigenvalue weighted by Gasteiger charge is 2.52. The van der Waals surface area contributed by atoms with Crippen LogP contribution in [0, 0.1) is 23.2 Å². The van der Waals surface area contributed by atoms with Crippen LogP contribution in [0.15, 0.2) is 36.7 Å². The third kappa shape index (κ3) is 4.58. The van der Waals surface area contributed by atoms with Crippen LogP contribution < -0.4 is 10.6 Å². The molecule has 1 spiro atoms. The number of aromatic nitrogens is 4. The Hall–Kier alpha value is -3.77. The Labute approximate surface area is 241 Å². The van der Waals surface area contributed by atoms with Crippen molar-refractivity contribution in [3.63, 3.8) is 0 Å². The molecule has 2 N–H and O–H groups in total. The standard InChI is InChI=1S/C32H38N8O/c1-21-5-4-12-40(17-21)18-23-13-26(37-28-27(23)34-19-31(28)9-10-31)29(41)36-25-7-3-6-24(14-25)32(15-22(16-32)8-11-33)30-38-35-20-39(30)2/h3,6-7,13-14,20-22,34H,4-5,8-10,12,15-19H2,1-2H3,(H,36,41)/t21-,22?,32?/m0/s1. The lowest BCUT2D eigenvalue weighted by molar-refractivity contribution is 0.102. The molecule has 9 heteroatoms. The number of carbonyl (C=O) groups excluding carboxylic acids is 1. The van der Waals surface area contributed by atoms with Crippen LogP contribution in [0.1, 0.15) is 85.0 Å². The van der Waals surface area contributed by atoms with Gasteiger partial charge in [-0.2, -0.15) is 5.26 Å². The Morgan fingerprint density at radius 2 is 2.12 bits per heavy atom. The predicted octanol–water partition coefficient (Wildman–Crippen LogP) is 4.76. The molecule has 212 valence electrons. The summed E-state index contributed by atoms with van der Waals surface area (Å²) in [4.78, 5) is 21.2.